The fourth-order valence-electron chi connectivity index (χ4n) is 3.18. The molecule has 1 heterocycles. The van der Waals surface area contributed by atoms with Crippen molar-refractivity contribution in [3.05, 3.63) is 60.2 Å². The summed E-state index contributed by atoms with van der Waals surface area (Å²) in [7, 11) is 0. The maximum atomic E-state index is 12.5. The van der Waals surface area contributed by atoms with Crippen LogP contribution in [-0.4, -0.2) is 35.8 Å². The Balaban J connectivity index is 1.43. The van der Waals surface area contributed by atoms with Crippen LogP contribution in [0.2, 0.25) is 0 Å². The molecular formula is C20H23F2N3OS. The van der Waals surface area contributed by atoms with Crippen molar-refractivity contribution in [1.29, 1.82) is 0 Å². The van der Waals surface area contributed by atoms with Crippen molar-refractivity contribution in [2.24, 2.45) is 0 Å². The highest BCUT2D eigenvalue weighted by molar-refractivity contribution is 7.99. The summed E-state index contributed by atoms with van der Waals surface area (Å²) in [6, 6.07) is 16.7. The Morgan fingerprint density at radius 1 is 1.11 bits per heavy atom. The van der Waals surface area contributed by atoms with E-state index >= 15 is 0 Å². The van der Waals surface area contributed by atoms with E-state index in [4.69, 9.17) is 0 Å². The third-order valence-electron chi connectivity index (χ3n) is 4.49. The van der Waals surface area contributed by atoms with Crippen molar-refractivity contribution in [2.45, 2.75) is 36.1 Å². The van der Waals surface area contributed by atoms with Gasteiger partial charge in [0.05, 0.1) is 0 Å². The second kappa shape index (κ2) is 9.71. The molecule has 0 radical (unpaired) electrons. The number of alkyl halides is 2. The third kappa shape index (κ3) is 6.52. The Morgan fingerprint density at radius 2 is 1.85 bits per heavy atom. The summed E-state index contributed by atoms with van der Waals surface area (Å²) < 4.78 is 24.9. The fourth-order valence-corrected chi connectivity index (χ4v) is 3.74. The van der Waals surface area contributed by atoms with Gasteiger partial charge in [0.15, 0.2) is 0 Å². The second-order valence-corrected chi connectivity index (χ2v) is 7.60. The molecule has 7 heteroatoms. The number of carbonyl (C=O) groups is 1. The van der Waals surface area contributed by atoms with Gasteiger partial charge >= 0.3 is 6.03 Å². The van der Waals surface area contributed by atoms with Gasteiger partial charge in [0, 0.05) is 36.3 Å². The van der Waals surface area contributed by atoms with E-state index in [2.05, 4.69) is 27.7 Å². The minimum Gasteiger partial charge on any atom is -0.335 e. The van der Waals surface area contributed by atoms with Crippen molar-refractivity contribution in [3.8, 4) is 0 Å². The number of nitrogens with zero attached hydrogens (tertiary/aromatic N) is 1. The van der Waals surface area contributed by atoms with Crippen molar-refractivity contribution in [3.63, 3.8) is 0 Å². The second-order valence-electron chi connectivity index (χ2n) is 6.54. The molecular weight excluding hydrogens is 368 g/mol. The van der Waals surface area contributed by atoms with Gasteiger partial charge in [-0.1, -0.05) is 48.2 Å². The van der Waals surface area contributed by atoms with Crippen LogP contribution in [-0.2, 0) is 6.54 Å². The van der Waals surface area contributed by atoms with Crippen molar-refractivity contribution in [2.75, 3.05) is 18.4 Å². The summed E-state index contributed by atoms with van der Waals surface area (Å²) in [5.74, 6) is -2.48. The van der Waals surface area contributed by atoms with Gasteiger partial charge in [0.1, 0.15) is 0 Å². The average Bonchev–Trinajstić information content (AvgIpc) is 2.64. The molecule has 27 heavy (non-hydrogen) atoms. The molecule has 0 aromatic heterocycles. The number of amides is 2. The van der Waals surface area contributed by atoms with Gasteiger partial charge in [-0.05, 0) is 36.6 Å². The molecule has 0 unspecified atom stereocenters. The average molecular weight is 391 g/mol. The van der Waals surface area contributed by atoms with Crippen LogP contribution < -0.4 is 10.6 Å². The number of halogens is 2. The van der Waals surface area contributed by atoms with Crippen LogP contribution in [0.4, 0.5) is 19.3 Å². The Labute approximate surface area is 162 Å². The molecule has 1 saturated heterocycles. The summed E-state index contributed by atoms with van der Waals surface area (Å²) in [6.07, 6.45) is 1.78. The van der Waals surface area contributed by atoms with Gasteiger partial charge in [-0.25, -0.2) is 4.79 Å². The molecule has 1 aliphatic heterocycles. The summed E-state index contributed by atoms with van der Waals surface area (Å²) in [5.41, 5.74) is 1.81. The van der Waals surface area contributed by atoms with Gasteiger partial charge in [-0.15, -0.1) is 0 Å². The molecule has 2 aromatic carbocycles. The Hall–Kier alpha value is -2.12. The lowest BCUT2D eigenvalue weighted by Crippen LogP contribution is -2.45. The van der Waals surface area contributed by atoms with Gasteiger partial charge in [-0.2, -0.15) is 8.78 Å². The van der Waals surface area contributed by atoms with Crippen molar-refractivity contribution >= 4 is 23.5 Å². The first kappa shape index (κ1) is 19.6. The highest BCUT2D eigenvalue weighted by Crippen LogP contribution is 2.27. The first-order chi connectivity index (χ1) is 13.1. The van der Waals surface area contributed by atoms with Crippen molar-refractivity contribution < 1.29 is 13.6 Å². The number of likely N-dealkylation sites (tertiary alicyclic amines) is 1. The fraction of sp³-hybridized carbons (Fsp3) is 0.350. The number of hydrogen-bond donors (Lipinski definition) is 2. The first-order valence-electron chi connectivity index (χ1n) is 8.97. The molecule has 0 bridgehead atoms. The molecule has 1 aliphatic rings. The number of nitrogens with one attached hydrogen (secondary N) is 2. The van der Waals surface area contributed by atoms with Crippen molar-refractivity contribution in [1.82, 2.24) is 10.2 Å². The van der Waals surface area contributed by atoms with E-state index in [1.165, 1.54) is 5.56 Å². The number of rotatable bonds is 6. The monoisotopic (exact) mass is 391 g/mol. The van der Waals surface area contributed by atoms with E-state index in [1.807, 2.05) is 18.2 Å². The Kier molecular flexibility index (Phi) is 7.06. The quantitative estimate of drug-likeness (QED) is 0.696. The van der Waals surface area contributed by atoms with E-state index in [0.717, 1.165) is 32.5 Å². The van der Waals surface area contributed by atoms with Crippen LogP contribution in [0.5, 0.6) is 0 Å². The number of benzene rings is 2. The minimum atomic E-state index is -2.48. The maximum Gasteiger partial charge on any atom is 0.319 e. The lowest BCUT2D eigenvalue weighted by molar-refractivity contribution is 0.190. The lowest BCUT2D eigenvalue weighted by atomic mass is 10.0. The standard InChI is InChI=1S/C20H23F2N3OS/c21-19(22)27-18-8-4-7-17(13-18)24-20(26)23-16-9-11-25(12-10-16)14-15-5-2-1-3-6-15/h1-8,13,16,19H,9-12,14H2,(H2,23,24,26). The van der Waals surface area contributed by atoms with E-state index in [9.17, 15) is 13.6 Å². The smallest absolute Gasteiger partial charge is 0.319 e. The van der Waals surface area contributed by atoms with E-state index in [-0.39, 0.29) is 12.1 Å². The number of anilines is 1. The van der Waals surface area contributed by atoms with E-state index in [1.54, 1.807) is 24.3 Å². The summed E-state index contributed by atoms with van der Waals surface area (Å²) >= 11 is 0.466. The highest BCUT2D eigenvalue weighted by Gasteiger charge is 2.20. The SMILES string of the molecule is O=C(Nc1cccc(SC(F)F)c1)NC1CCN(Cc2ccccc2)CC1. The molecule has 0 aliphatic carbocycles. The summed E-state index contributed by atoms with van der Waals surface area (Å²) in [5, 5.41) is 5.71. The predicted molar refractivity (Wildman–Crippen MR) is 105 cm³/mol. The van der Waals surface area contributed by atoms with Crippen LogP contribution in [0.3, 0.4) is 0 Å². The van der Waals surface area contributed by atoms with E-state index < -0.39 is 5.76 Å². The molecule has 0 atom stereocenters. The summed E-state index contributed by atoms with van der Waals surface area (Å²) in [4.78, 5) is 15.0. The number of piperidine rings is 1. The zero-order chi connectivity index (χ0) is 19.1. The third-order valence-corrected chi connectivity index (χ3v) is 5.19. The number of hydrogen-bond acceptors (Lipinski definition) is 3. The van der Waals surface area contributed by atoms with Crippen LogP contribution in [0.1, 0.15) is 18.4 Å². The zero-order valence-corrected chi connectivity index (χ0v) is 15.7. The molecule has 1 fully saturated rings. The molecule has 2 amide bonds. The molecule has 2 N–H and O–H groups in total. The topological polar surface area (TPSA) is 44.4 Å². The lowest BCUT2D eigenvalue weighted by Gasteiger charge is -2.32. The highest BCUT2D eigenvalue weighted by atomic mass is 32.2. The number of thioether (sulfide) groups is 1. The van der Waals surface area contributed by atoms with E-state index in [0.29, 0.717) is 22.3 Å². The zero-order valence-electron chi connectivity index (χ0n) is 14.9. The van der Waals surface area contributed by atoms with Gasteiger partial charge in [0.2, 0.25) is 0 Å². The minimum absolute atomic E-state index is 0.121. The van der Waals surface area contributed by atoms with Crippen LogP contribution in [0.15, 0.2) is 59.5 Å². The molecule has 2 aromatic rings. The number of urea groups is 1. The largest absolute Gasteiger partial charge is 0.335 e. The van der Waals surface area contributed by atoms with Crippen LogP contribution in [0, 0.1) is 0 Å². The number of carbonyl (C=O) groups excluding carboxylic acids is 1. The van der Waals surface area contributed by atoms with Crippen LogP contribution in [0.25, 0.3) is 0 Å². The van der Waals surface area contributed by atoms with Gasteiger partial charge < -0.3 is 10.6 Å². The first-order valence-corrected chi connectivity index (χ1v) is 9.85. The van der Waals surface area contributed by atoms with Gasteiger partial charge in [0.25, 0.3) is 5.76 Å². The predicted octanol–water partition coefficient (Wildman–Crippen LogP) is 4.79. The normalized spacial score (nSPS) is 15.7. The Bertz CT molecular complexity index is 737. The molecule has 144 valence electrons. The molecule has 0 spiro atoms. The molecule has 3 rings (SSSR count). The molecule has 0 saturated carbocycles. The van der Waals surface area contributed by atoms with Gasteiger partial charge in [-0.3, -0.25) is 4.90 Å². The maximum absolute atomic E-state index is 12.5. The van der Waals surface area contributed by atoms with Crippen LogP contribution >= 0.6 is 11.8 Å². The molecule has 4 nitrogen and oxygen atoms in total. The Morgan fingerprint density at radius 3 is 2.56 bits per heavy atom. The summed E-state index contributed by atoms with van der Waals surface area (Å²) in [6.45, 7) is 2.79.